The summed E-state index contributed by atoms with van der Waals surface area (Å²) in [6.07, 6.45) is 0.944. The van der Waals surface area contributed by atoms with Gasteiger partial charge in [-0.1, -0.05) is 24.6 Å². The van der Waals surface area contributed by atoms with Crippen LogP contribution in [0.15, 0.2) is 41.3 Å². The highest BCUT2D eigenvalue weighted by Crippen LogP contribution is 2.24. The zero-order valence-electron chi connectivity index (χ0n) is 14.3. The number of hydrogen-bond acceptors (Lipinski definition) is 6. The summed E-state index contributed by atoms with van der Waals surface area (Å²) in [5.74, 6) is 1.15. The number of benzene rings is 1. The normalized spacial score (nSPS) is 11.8. The van der Waals surface area contributed by atoms with Gasteiger partial charge in [0.15, 0.2) is 5.82 Å². The van der Waals surface area contributed by atoms with Crippen molar-refractivity contribution in [3.63, 3.8) is 0 Å². The third-order valence-electron chi connectivity index (χ3n) is 3.76. The second kappa shape index (κ2) is 7.07. The van der Waals surface area contributed by atoms with Crippen molar-refractivity contribution in [2.75, 3.05) is 0 Å². The van der Waals surface area contributed by atoms with Crippen LogP contribution < -0.4 is 0 Å². The molecule has 0 aliphatic heterocycles. The van der Waals surface area contributed by atoms with Crippen molar-refractivity contribution >= 4 is 21.5 Å². The summed E-state index contributed by atoms with van der Waals surface area (Å²) in [6, 6.07) is 10.6. The Morgan fingerprint density at radius 1 is 1.08 bits per heavy atom. The molecule has 3 rings (SSSR count). The van der Waals surface area contributed by atoms with E-state index in [9.17, 15) is 8.42 Å². The van der Waals surface area contributed by atoms with Crippen molar-refractivity contribution in [2.45, 2.75) is 38.7 Å². The standard InChI is InChI=1S/C17H19N3O3S2/c1-4-14-7-10-17(24-14)20-13(3)18-19-16(20)11-23-25(21,22)15-8-5-12(2)6-9-15/h5-10H,4,11H2,1-3H3. The molecule has 0 saturated heterocycles. The van der Waals surface area contributed by atoms with Crippen LogP contribution in [0.2, 0.25) is 0 Å². The predicted octanol–water partition coefficient (Wildman–Crippen LogP) is 3.41. The monoisotopic (exact) mass is 377 g/mol. The van der Waals surface area contributed by atoms with Crippen LogP contribution in [0.1, 0.15) is 29.0 Å². The Labute approximate surface area is 151 Å². The molecule has 25 heavy (non-hydrogen) atoms. The van der Waals surface area contributed by atoms with Gasteiger partial charge in [-0.25, -0.2) is 0 Å². The fourth-order valence-electron chi connectivity index (χ4n) is 2.37. The number of aromatic nitrogens is 3. The smallest absolute Gasteiger partial charge is 0.272 e. The van der Waals surface area contributed by atoms with Gasteiger partial charge in [-0.3, -0.25) is 8.75 Å². The van der Waals surface area contributed by atoms with Crippen LogP contribution in [0.3, 0.4) is 0 Å². The lowest BCUT2D eigenvalue weighted by molar-refractivity contribution is 0.296. The predicted molar refractivity (Wildman–Crippen MR) is 96.5 cm³/mol. The van der Waals surface area contributed by atoms with E-state index in [2.05, 4.69) is 17.1 Å². The summed E-state index contributed by atoms with van der Waals surface area (Å²) in [7, 11) is -3.84. The molecule has 8 heteroatoms. The van der Waals surface area contributed by atoms with Crippen LogP contribution in [0.4, 0.5) is 0 Å². The molecule has 0 atom stereocenters. The Morgan fingerprint density at radius 3 is 2.44 bits per heavy atom. The molecule has 6 nitrogen and oxygen atoms in total. The fourth-order valence-corrected chi connectivity index (χ4v) is 4.25. The van der Waals surface area contributed by atoms with E-state index in [1.165, 1.54) is 17.0 Å². The zero-order valence-corrected chi connectivity index (χ0v) is 15.9. The lowest BCUT2D eigenvalue weighted by Crippen LogP contribution is -2.10. The molecule has 1 aromatic carbocycles. The molecule has 3 aromatic rings. The summed E-state index contributed by atoms with van der Waals surface area (Å²) in [4.78, 5) is 1.37. The van der Waals surface area contributed by atoms with Crippen LogP contribution in [0, 0.1) is 13.8 Å². The summed E-state index contributed by atoms with van der Waals surface area (Å²) in [5, 5.41) is 9.08. The van der Waals surface area contributed by atoms with Gasteiger partial charge in [-0.15, -0.1) is 21.5 Å². The molecule has 0 bridgehead atoms. The van der Waals surface area contributed by atoms with Gasteiger partial charge in [0.05, 0.1) is 4.90 Å². The number of hydrogen-bond donors (Lipinski definition) is 0. The van der Waals surface area contributed by atoms with Gasteiger partial charge in [0.25, 0.3) is 10.1 Å². The molecule has 0 saturated carbocycles. The van der Waals surface area contributed by atoms with Crippen molar-refractivity contribution in [1.29, 1.82) is 0 Å². The van der Waals surface area contributed by atoms with Gasteiger partial charge < -0.3 is 0 Å². The Hall–Kier alpha value is -2.03. The van der Waals surface area contributed by atoms with E-state index in [-0.39, 0.29) is 11.5 Å². The van der Waals surface area contributed by atoms with Crippen molar-refractivity contribution in [3.8, 4) is 5.00 Å². The molecule has 132 valence electrons. The first kappa shape index (κ1) is 17.8. The quantitative estimate of drug-likeness (QED) is 0.616. The van der Waals surface area contributed by atoms with E-state index < -0.39 is 10.1 Å². The van der Waals surface area contributed by atoms with Gasteiger partial charge in [0, 0.05) is 4.88 Å². The van der Waals surface area contributed by atoms with E-state index in [4.69, 9.17) is 4.18 Å². The van der Waals surface area contributed by atoms with E-state index in [1.807, 2.05) is 30.5 Å². The Kier molecular flexibility index (Phi) is 5.03. The maximum Gasteiger partial charge on any atom is 0.297 e. The molecule has 0 aliphatic rings. The van der Waals surface area contributed by atoms with Gasteiger partial charge >= 0.3 is 0 Å². The lowest BCUT2D eigenvalue weighted by Gasteiger charge is -2.08. The van der Waals surface area contributed by atoms with Gasteiger partial charge in [0.2, 0.25) is 0 Å². The number of rotatable bonds is 6. The highest BCUT2D eigenvalue weighted by Gasteiger charge is 2.19. The van der Waals surface area contributed by atoms with Crippen LogP contribution in [0.5, 0.6) is 0 Å². The third kappa shape index (κ3) is 3.81. The molecule has 2 heterocycles. The molecule has 2 aromatic heterocycles. The average Bonchev–Trinajstić information content (AvgIpc) is 3.19. The molecule has 0 amide bonds. The van der Waals surface area contributed by atoms with Crippen molar-refractivity contribution < 1.29 is 12.6 Å². The second-order valence-corrected chi connectivity index (χ2v) is 8.38. The zero-order chi connectivity index (χ0) is 18.0. The van der Waals surface area contributed by atoms with Gasteiger partial charge in [-0.05, 0) is 44.5 Å². The highest BCUT2D eigenvalue weighted by atomic mass is 32.2. The number of nitrogens with zero attached hydrogens (tertiary/aromatic N) is 3. The van der Waals surface area contributed by atoms with Crippen LogP contribution >= 0.6 is 11.3 Å². The number of aryl methyl sites for hydroxylation is 3. The van der Waals surface area contributed by atoms with Crippen LogP contribution in [-0.2, 0) is 27.3 Å². The molecule has 0 N–H and O–H groups in total. The lowest BCUT2D eigenvalue weighted by atomic mass is 10.2. The molecular formula is C17H19N3O3S2. The van der Waals surface area contributed by atoms with Crippen LogP contribution in [0.25, 0.3) is 5.00 Å². The molecule has 0 radical (unpaired) electrons. The molecular weight excluding hydrogens is 358 g/mol. The van der Waals surface area contributed by atoms with E-state index in [0.717, 1.165) is 17.0 Å². The molecule has 0 aliphatic carbocycles. The first-order valence-electron chi connectivity index (χ1n) is 7.87. The van der Waals surface area contributed by atoms with Crippen LogP contribution in [-0.4, -0.2) is 23.2 Å². The first-order valence-corrected chi connectivity index (χ1v) is 10.1. The Morgan fingerprint density at radius 2 is 1.80 bits per heavy atom. The molecule has 0 unspecified atom stereocenters. The third-order valence-corrected chi connectivity index (χ3v) is 6.25. The SMILES string of the molecule is CCc1ccc(-n2c(C)nnc2COS(=O)(=O)c2ccc(C)cc2)s1. The summed E-state index contributed by atoms with van der Waals surface area (Å²) in [5.41, 5.74) is 0.985. The Balaban J connectivity index is 1.83. The minimum absolute atomic E-state index is 0.130. The summed E-state index contributed by atoms with van der Waals surface area (Å²) in [6.45, 7) is 5.65. The van der Waals surface area contributed by atoms with E-state index >= 15 is 0 Å². The van der Waals surface area contributed by atoms with Crippen molar-refractivity contribution in [1.82, 2.24) is 14.8 Å². The van der Waals surface area contributed by atoms with E-state index in [0.29, 0.717) is 11.6 Å². The second-order valence-electron chi connectivity index (χ2n) is 5.62. The van der Waals surface area contributed by atoms with Crippen molar-refractivity contribution in [2.24, 2.45) is 0 Å². The first-order chi connectivity index (χ1) is 11.9. The Bertz CT molecular complexity index is 973. The van der Waals surface area contributed by atoms with Gasteiger partial charge in [0.1, 0.15) is 17.4 Å². The van der Waals surface area contributed by atoms with E-state index in [1.54, 1.807) is 23.5 Å². The topological polar surface area (TPSA) is 74.1 Å². The summed E-state index contributed by atoms with van der Waals surface area (Å²) >= 11 is 1.63. The maximum atomic E-state index is 12.3. The molecule has 0 spiro atoms. The maximum absolute atomic E-state index is 12.3. The highest BCUT2D eigenvalue weighted by molar-refractivity contribution is 7.86. The average molecular weight is 377 g/mol. The number of thiophene rings is 1. The minimum Gasteiger partial charge on any atom is -0.272 e. The fraction of sp³-hybridized carbons (Fsp3) is 0.294. The van der Waals surface area contributed by atoms with Gasteiger partial charge in [-0.2, -0.15) is 8.42 Å². The summed E-state index contributed by atoms with van der Waals surface area (Å²) < 4.78 is 31.7. The minimum atomic E-state index is -3.84. The van der Waals surface area contributed by atoms with Crippen molar-refractivity contribution in [3.05, 3.63) is 58.5 Å². The largest absolute Gasteiger partial charge is 0.297 e. The molecule has 0 fully saturated rings.